The lowest BCUT2D eigenvalue weighted by Crippen LogP contribution is -2.37. The normalized spacial score (nSPS) is 11.9. The van der Waals surface area contributed by atoms with E-state index in [4.69, 9.17) is 15.3 Å². The minimum absolute atomic E-state index is 0.320. The molecule has 0 radical (unpaired) electrons. The van der Waals surface area contributed by atoms with Crippen molar-refractivity contribution in [3.63, 3.8) is 0 Å². The van der Waals surface area contributed by atoms with Gasteiger partial charge >= 0.3 is 5.97 Å². The first kappa shape index (κ1) is 14.7. The lowest BCUT2D eigenvalue weighted by atomic mass is 10.1. The van der Waals surface area contributed by atoms with E-state index in [9.17, 15) is 9.59 Å². The molecule has 8 nitrogen and oxygen atoms in total. The molecule has 0 spiro atoms. The second-order valence-corrected chi connectivity index (χ2v) is 4.47. The predicted molar refractivity (Wildman–Crippen MR) is 73.3 cm³/mol. The summed E-state index contributed by atoms with van der Waals surface area (Å²) >= 11 is 0. The first-order valence-electron chi connectivity index (χ1n) is 6.13. The smallest absolute Gasteiger partial charge is 0.305 e. The predicted octanol–water partition coefficient (Wildman–Crippen LogP) is 0.786. The van der Waals surface area contributed by atoms with Gasteiger partial charge in [0.2, 0.25) is 18.2 Å². The van der Waals surface area contributed by atoms with Gasteiger partial charge in [0.25, 0.3) is 0 Å². The van der Waals surface area contributed by atoms with Gasteiger partial charge in [0, 0.05) is 11.3 Å². The Labute approximate surface area is 120 Å². The van der Waals surface area contributed by atoms with Crippen molar-refractivity contribution in [1.29, 1.82) is 0 Å². The summed E-state index contributed by atoms with van der Waals surface area (Å²) in [7, 11) is 0. The van der Waals surface area contributed by atoms with E-state index in [-0.39, 0.29) is 0 Å². The summed E-state index contributed by atoms with van der Waals surface area (Å²) in [6.07, 6.45) is 0.768. The third-order valence-corrected chi connectivity index (χ3v) is 2.83. The molecule has 0 bridgehead atoms. The van der Waals surface area contributed by atoms with Crippen molar-refractivity contribution in [2.75, 3.05) is 5.32 Å². The zero-order valence-electron chi connectivity index (χ0n) is 11.2. The number of aromatic nitrogens is 2. The van der Waals surface area contributed by atoms with Crippen LogP contribution >= 0.6 is 0 Å². The lowest BCUT2D eigenvalue weighted by Gasteiger charge is -2.12. The van der Waals surface area contributed by atoms with Crippen LogP contribution in [0.1, 0.15) is 12.0 Å². The van der Waals surface area contributed by atoms with Crippen molar-refractivity contribution in [2.45, 2.75) is 19.4 Å². The number of aliphatic carboxylic acids is 1. The molecule has 2 aromatic rings. The Balaban J connectivity index is 2.18. The highest BCUT2D eigenvalue weighted by molar-refractivity contribution is 5.97. The van der Waals surface area contributed by atoms with Gasteiger partial charge in [-0.3, -0.25) is 9.59 Å². The van der Waals surface area contributed by atoms with E-state index < -0.39 is 24.3 Å². The van der Waals surface area contributed by atoms with Crippen LogP contribution in [0.3, 0.4) is 0 Å². The fraction of sp³-hybridized carbons (Fsp3) is 0.231. The lowest BCUT2D eigenvalue weighted by molar-refractivity contribution is -0.138. The number of rotatable bonds is 5. The van der Waals surface area contributed by atoms with Crippen LogP contribution in [0.5, 0.6) is 0 Å². The SMILES string of the molecule is Cc1ccc(-c2nnco2)cc1NC(=O)C(N)CC(=O)O. The van der Waals surface area contributed by atoms with E-state index in [1.807, 2.05) is 0 Å². The molecular weight excluding hydrogens is 276 g/mol. The number of nitrogens with one attached hydrogen (secondary N) is 1. The molecule has 0 fully saturated rings. The van der Waals surface area contributed by atoms with E-state index in [2.05, 4.69) is 15.5 Å². The number of nitrogens with two attached hydrogens (primary N) is 1. The topological polar surface area (TPSA) is 131 Å². The van der Waals surface area contributed by atoms with Gasteiger partial charge in [0.05, 0.1) is 12.5 Å². The molecule has 0 saturated carbocycles. The second-order valence-electron chi connectivity index (χ2n) is 4.47. The van der Waals surface area contributed by atoms with Crippen LogP contribution in [0.2, 0.25) is 0 Å². The molecule has 1 atom stereocenters. The maximum absolute atomic E-state index is 11.8. The van der Waals surface area contributed by atoms with E-state index in [1.54, 1.807) is 25.1 Å². The quantitative estimate of drug-likeness (QED) is 0.741. The first-order valence-corrected chi connectivity index (χ1v) is 6.13. The number of aryl methyl sites for hydroxylation is 1. The van der Waals surface area contributed by atoms with Gasteiger partial charge in [0.15, 0.2) is 0 Å². The number of carbonyl (C=O) groups is 2. The van der Waals surface area contributed by atoms with Crippen molar-refractivity contribution in [1.82, 2.24) is 10.2 Å². The molecule has 0 aliphatic rings. The van der Waals surface area contributed by atoms with Crippen LogP contribution in [0.25, 0.3) is 11.5 Å². The number of carboxylic acid groups (broad SMARTS) is 1. The van der Waals surface area contributed by atoms with Gasteiger partial charge in [0.1, 0.15) is 0 Å². The molecule has 0 aliphatic heterocycles. The summed E-state index contributed by atoms with van der Waals surface area (Å²) in [5, 5.41) is 18.6. The van der Waals surface area contributed by atoms with E-state index in [1.165, 1.54) is 6.39 Å². The van der Waals surface area contributed by atoms with E-state index in [0.29, 0.717) is 17.1 Å². The van der Waals surface area contributed by atoms with Gasteiger partial charge in [-0.2, -0.15) is 0 Å². The molecule has 8 heteroatoms. The summed E-state index contributed by atoms with van der Waals surface area (Å²) in [4.78, 5) is 22.4. The second kappa shape index (κ2) is 6.14. The average molecular weight is 290 g/mol. The maximum Gasteiger partial charge on any atom is 0.305 e. The number of carbonyl (C=O) groups excluding carboxylic acids is 1. The van der Waals surface area contributed by atoms with Crippen LogP contribution in [0.15, 0.2) is 29.0 Å². The largest absolute Gasteiger partial charge is 0.481 e. The highest BCUT2D eigenvalue weighted by Crippen LogP contribution is 2.23. The first-order chi connectivity index (χ1) is 9.97. The molecule has 4 N–H and O–H groups in total. The Morgan fingerprint density at radius 1 is 1.48 bits per heavy atom. The fourth-order valence-electron chi connectivity index (χ4n) is 1.69. The Morgan fingerprint density at radius 2 is 2.24 bits per heavy atom. The number of carboxylic acids is 1. The Hall–Kier alpha value is -2.74. The van der Waals surface area contributed by atoms with E-state index >= 15 is 0 Å². The number of hydrogen-bond donors (Lipinski definition) is 3. The third-order valence-electron chi connectivity index (χ3n) is 2.83. The van der Waals surface area contributed by atoms with Gasteiger partial charge < -0.3 is 20.6 Å². The standard InChI is InChI=1S/C13H14N4O4/c1-7-2-3-8(13-17-15-6-21-13)4-10(7)16-12(20)9(14)5-11(18)19/h2-4,6,9H,5,14H2,1H3,(H,16,20)(H,18,19). The minimum Gasteiger partial charge on any atom is -0.481 e. The molecule has 2 rings (SSSR count). The molecule has 1 aromatic heterocycles. The van der Waals surface area contributed by atoms with Crippen molar-refractivity contribution < 1.29 is 19.1 Å². The average Bonchev–Trinajstić information content (AvgIpc) is 2.94. The number of nitrogens with zero attached hydrogens (tertiary/aromatic N) is 2. The van der Waals surface area contributed by atoms with Crippen molar-refractivity contribution in [2.24, 2.45) is 5.73 Å². The number of amides is 1. The van der Waals surface area contributed by atoms with Crippen LogP contribution < -0.4 is 11.1 Å². The number of benzene rings is 1. The molecule has 0 aliphatic carbocycles. The summed E-state index contributed by atoms with van der Waals surface area (Å²) in [6, 6.07) is 4.09. The molecular formula is C13H14N4O4. The third kappa shape index (κ3) is 3.63. The highest BCUT2D eigenvalue weighted by Gasteiger charge is 2.18. The summed E-state index contributed by atoms with van der Waals surface area (Å²) in [5.74, 6) is -1.38. The van der Waals surface area contributed by atoms with Gasteiger partial charge in [-0.15, -0.1) is 10.2 Å². The van der Waals surface area contributed by atoms with Gasteiger partial charge in [-0.05, 0) is 24.6 Å². The molecule has 1 heterocycles. The highest BCUT2D eigenvalue weighted by atomic mass is 16.4. The molecule has 1 aromatic carbocycles. The molecule has 0 saturated heterocycles. The molecule has 21 heavy (non-hydrogen) atoms. The van der Waals surface area contributed by atoms with Crippen LogP contribution in [0.4, 0.5) is 5.69 Å². The molecule has 1 amide bonds. The van der Waals surface area contributed by atoms with E-state index in [0.717, 1.165) is 5.56 Å². The summed E-state index contributed by atoms with van der Waals surface area (Å²) < 4.78 is 5.08. The summed E-state index contributed by atoms with van der Waals surface area (Å²) in [5.41, 5.74) is 7.46. The Bertz CT molecular complexity index is 654. The van der Waals surface area contributed by atoms with Crippen molar-refractivity contribution >= 4 is 17.6 Å². The van der Waals surface area contributed by atoms with Crippen LogP contribution in [0, 0.1) is 6.92 Å². The fourth-order valence-corrected chi connectivity index (χ4v) is 1.69. The Morgan fingerprint density at radius 3 is 2.86 bits per heavy atom. The molecule has 110 valence electrons. The van der Waals surface area contributed by atoms with Gasteiger partial charge in [-0.1, -0.05) is 6.07 Å². The minimum atomic E-state index is -1.13. The zero-order valence-corrected chi connectivity index (χ0v) is 11.2. The van der Waals surface area contributed by atoms with Crippen molar-refractivity contribution in [3.8, 4) is 11.5 Å². The summed E-state index contributed by atoms with van der Waals surface area (Å²) in [6.45, 7) is 1.80. The number of anilines is 1. The van der Waals surface area contributed by atoms with Crippen LogP contribution in [-0.4, -0.2) is 33.2 Å². The monoisotopic (exact) mass is 290 g/mol. The Kier molecular flexibility index (Phi) is 4.29. The molecule has 1 unspecified atom stereocenters. The van der Waals surface area contributed by atoms with Crippen molar-refractivity contribution in [3.05, 3.63) is 30.2 Å². The maximum atomic E-state index is 11.8. The van der Waals surface area contributed by atoms with Crippen LogP contribution in [-0.2, 0) is 9.59 Å². The van der Waals surface area contributed by atoms with Gasteiger partial charge in [-0.25, -0.2) is 0 Å². The number of hydrogen-bond acceptors (Lipinski definition) is 6. The zero-order chi connectivity index (χ0) is 15.4.